The molecule has 43 heavy (non-hydrogen) atoms. The maximum Gasteiger partial charge on any atom is 0.175 e. The van der Waals surface area contributed by atoms with Gasteiger partial charge >= 0.3 is 0 Å². The number of thiocarbonyl (C=S) groups is 1. The van der Waals surface area contributed by atoms with Gasteiger partial charge in [-0.1, -0.05) is 109 Å². The van der Waals surface area contributed by atoms with Gasteiger partial charge in [-0.2, -0.15) is 0 Å². The molecule has 0 bridgehead atoms. The fourth-order valence-corrected chi connectivity index (χ4v) is 5.82. The summed E-state index contributed by atoms with van der Waals surface area (Å²) in [7, 11) is 3.26. The van der Waals surface area contributed by atoms with E-state index in [-0.39, 0.29) is 0 Å². The van der Waals surface area contributed by atoms with Crippen LogP contribution in [0.4, 0.5) is 0 Å². The monoisotopic (exact) mass is 588 g/mol. The second-order valence-corrected chi connectivity index (χ2v) is 10.8. The highest BCUT2D eigenvalue weighted by molar-refractivity contribution is 7.80. The molecule has 1 heterocycles. The van der Waals surface area contributed by atoms with Gasteiger partial charge in [-0.3, -0.25) is 0 Å². The Morgan fingerprint density at radius 3 is 1.74 bits per heavy atom. The molecule has 0 N–H and O–H groups in total. The lowest BCUT2D eigenvalue weighted by molar-refractivity contribution is 0.107. The summed E-state index contributed by atoms with van der Waals surface area (Å²) >= 11 is 6.07. The fourth-order valence-electron chi connectivity index (χ4n) is 5.42. The van der Waals surface area contributed by atoms with E-state index in [4.69, 9.17) is 35.9 Å². The molecule has 0 radical (unpaired) electrons. The van der Waals surface area contributed by atoms with Crippen molar-refractivity contribution in [3.05, 3.63) is 149 Å². The average molecular weight is 589 g/mol. The van der Waals surface area contributed by atoms with Crippen LogP contribution in [0.1, 0.15) is 34.2 Å². The van der Waals surface area contributed by atoms with Gasteiger partial charge in [-0.25, -0.2) is 0 Å². The Bertz CT molecular complexity index is 1710. The molecular weight excluding hydrogens is 556 g/mol. The van der Waals surface area contributed by atoms with Crippen LogP contribution in [-0.2, 0) is 18.8 Å². The maximum absolute atomic E-state index is 7.02. The van der Waals surface area contributed by atoms with Crippen molar-refractivity contribution in [2.45, 2.75) is 25.2 Å². The van der Waals surface area contributed by atoms with Crippen molar-refractivity contribution in [2.75, 3.05) is 14.2 Å². The molecule has 0 amide bonds. The number of ether oxygens (including phenoxy) is 5. The van der Waals surface area contributed by atoms with E-state index in [1.54, 1.807) is 14.2 Å². The molecule has 0 aromatic heterocycles. The Balaban J connectivity index is 1.46. The first-order valence-electron chi connectivity index (χ1n) is 14.1. The summed E-state index contributed by atoms with van der Waals surface area (Å²) in [6, 6.07) is 40.0. The zero-order valence-electron chi connectivity index (χ0n) is 24.1. The van der Waals surface area contributed by atoms with Gasteiger partial charge in [0.25, 0.3) is 0 Å². The Labute approximate surface area is 257 Å². The number of methoxy groups -OCH3 is 2. The van der Waals surface area contributed by atoms with Crippen LogP contribution in [0.5, 0.6) is 28.7 Å². The van der Waals surface area contributed by atoms with Gasteiger partial charge in [-0.05, 0) is 35.4 Å². The number of fused-ring (bicyclic) bond motifs is 1. The Kier molecular flexibility index (Phi) is 8.29. The molecule has 1 aliphatic rings. The van der Waals surface area contributed by atoms with E-state index >= 15 is 0 Å². The lowest BCUT2D eigenvalue weighted by Gasteiger charge is -2.41. The minimum atomic E-state index is -0.951. The fraction of sp³-hybridized carbons (Fsp3) is 0.162. The van der Waals surface area contributed by atoms with Crippen molar-refractivity contribution < 1.29 is 23.7 Å². The summed E-state index contributed by atoms with van der Waals surface area (Å²) in [6.45, 7) is 0.800. The molecule has 0 spiro atoms. The zero-order chi connectivity index (χ0) is 29.6. The third-order valence-corrected chi connectivity index (χ3v) is 7.96. The smallest absolute Gasteiger partial charge is 0.175 e. The van der Waals surface area contributed by atoms with Gasteiger partial charge in [-0.15, -0.1) is 0 Å². The normalized spacial score (nSPS) is 15.6. The van der Waals surface area contributed by atoms with Crippen LogP contribution >= 0.6 is 12.2 Å². The molecule has 1 atom stereocenters. The predicted molar refractivity (Wildman–Crippen MR) is 172 cm³/mol. The third-order valence-electron chi connectivity index (χ3n) is 7.61. The summed E-state index contributed by atoms with van der Waals surface area (Å²) in [6.07, 6.45) is 0.422. The molecule has 0 saturated heterocycles. The first kappa shape index (κ1) is 28.3. The van der Waals surface area contributed by atoms with Crippen molar-refractivity contribution in [2.24, 2.45) is 0 Å². The van der Waals surface area contributed by atoms with E-state index < -0.39 is 5.60 Å². The Morgan fingerprint density at radius 2 is 1.14 bits per heavy atom. The zero-order valence-corrected chi connectivity index (χ0v) is 24.9. The highest BCUT2D eigenvalue weighted by Gasteiger charge is 2.45. The highest BCUT2D eigenvalue weighted by Crippen LogP contribution is 2.51. The van der Waals surface area contributed by atoms with Crippen molar-refractivity contribution in [1.82, 2.24) is 0 Å². The van der Waals surface area contributed by atoms with Crippen LogP contribution in [0.3, 0.4) is 0 Å². The highest BCUT2D eigenvalue weighted by atomic mass is 32.1. The maximum atomic E-state index is 7.02. The summed E-state index contributed by atoms with van der Waals surface area (Å²) in [5.74, 6) is 3.05. The van der Waals surface area contributed by atoms with Crippen molar-refractivity contribution in [3.8, 4) is 28.7 Å². The quantitative estimate of drug-likeness (QED) is 0.153. The van der Waals surface area contributed by atoms with Crippen LogP contribution in [0.25, 0.3) is 0 Å². The van der Waals surface area contributed by atoms with Crippen LogP contribution in [0, 0.1) is 0 Å². The number of rotatable bonds is 10. The molecule has 0 fully saturated rings. The minimum Gasteiger partial charge on any atom is -0.496 e. The number of benzene rings is 5. The van der Waals surface area contributed by atoms with Crippen LogP contribution < -0.4 is 23.7 Å². The van der Waals surface area contributed by atoms with Gasteiger partial charge in [0.1, 0.15) is 19.0 Å². The lowest BCUT2D eigenvalue weighted by Crippen LogP contribution is -2.40. The van der Waals surface area contributed by atoms with Crippen molar-refractivity contribution >= 4 is 17.1 Å². The van der Waals surface area contributed by atoms with E-state index in [0.717, 1.165) is 32.7 Å². The molecule has 0 aliphatic carbocycles. The van der Waals surface area contributed by atoms with Gasteiger partial charge in [0.2, 0.25) is 0 Å². The SMILES string of the molecule is COc1ccc(OC)c2c1OC(c1ccccc1)(c1ccc(OCc3ccccc3)c(OCc3ccccc3)c1)CC2=S. The predicted octanol–water partition coefficient (Wildman–Crippen LogP) is 8.31. The molecular formula is C37H32O5S. The summed E-state index contributed by atoms with van der Waals surface area (Å²) in [5.41, 5.74) is 3.76. The number of hydrogen-bond acceptors (Lipinski definition) is 6. The molecule has 6 heteroatoms. The molecule has 1 aliphatic heterocycles. The molecule has 5 nitrogen and oxygen atoms in total. The second-order valence-electron chi connectivity index (χ2n) is 10.3. The minimum absolute atomic E-state index is 0.386. The van der Waals surface area contributed by atoms with Gasteiger partial charge in [0, 0.05) is 22.4 Å². The average Bonchev–Trinajstić information content (AvgIpc) is 3.07. The third kappa shape index (κ3) is 5.79. The van der Waals surface area contributed by atoms with E-state index in [1.807, 2.05) is 109 Å². The van der Waals surface area contributed by atoms with Crippen LogP contribution in [0.15, 0.2) is 121 Å². The van der Waals surface area contributed by atoms with Crippen molar-refractivity contribution in [3.63, 3.8) is 0 Å². The van der Waals surface area contributed by atoms with Gasteiger partial charge in [0.15, 0.2) is 28.6 Å². The van der Waals surface area contributed by atoms with E-state index in [2.05, 4.69) is 12.1 Å². The summed E-state index contributed by atoms with van der Waals surface area (Å²) in [5, 5.41) is 0. The molecule has 5 aromatic rings. The largest absolute Gasteiger partial charge is 0.496 e. The standard InChI is InChI=1S/C37H32O5S/c1-38-31-20-21-32(39-2)36-35(31)34(43)23-37(42-36,28-16-10-5-11-17-28)29-18-19-30(40-24-26-12-6-3-7-13-26)33(22-29)41-25-27-14-8-4-9-15-27/h3-22H,23-25H2,1-2H3. The second kappa shape index (κ2) is 12.6. The van der Waals surface area contributed by atoms with E-state index in [9.17, 15) is 0 Å². The Hall–Kier alpha value is -4.81. The van der Waals surface area contributed by atoms with Crippen LogP contribution in [-0.4, -0.2) is 19.1 Å². The first-order chi connectivity index (χ1) is 21.1. The molecule has 1 unspecified atom stereocenters. The van der Waals surface area contributed by atoms with Crippen LogP contribution in [0.2, 0.25) is 0 Å². The molecule has 0 saturated carbocycles. The molecule has 216 valence electrons. The van der Waals surface area contributed by atoms with Gasteiger partial charge < -0.3 is 23.7 Å². The first-order valence-corrected chi connectivity index (χ1v) is 14.5. The number of hydrogen-bond donors (Lipinski definition) is 0. The van der Waals surface area contributed by atoms with Gasteiger partial charge in [0.05, 0.1) is 19.8 Å². The van der Waals surface area contributed by atoms with E-state index in [0.29, 0.717) is 48.4 Å². The lowest BCUT2D eigenvalue weighted by atomic mass is 9.79. The molecule has 6 rings (SSSR count). The molecule has 5 aromatic carbocycles. The summed E-state index contributed by atoms with van der Waals surface area (Å²) < 4.78 is 31.2. The summed E-state index contributed by atoms with van der Waals surface area (Å²) in [4.78, 5) is 0.719. The van der Waals surface area contributed by atoms with Crippen molar-refractivity contribution in [1.29, 1.82) is 0 Å². The topological polar surface area (TPSA) is 46.2 Å². The van der Waals surface area contributed by atoms with E-state index in [1.165, 1.54) is 0 Å². The Morgan fingerprint density at radius 1 is 0.605 bits per heavy atom.